The van der Waals surface area contributed by atoms with Gasteiger partial charge in [0, 0.05) is 12.4 Å². The van der Waals surface area contributed by atoms with Gasteiger partial charge >= 0.3 is 5.97 Å². The summed E-state index contributed by atoms with van der Waals surface area (Å²) in [5, 5.41) is 10.2. The molecule has 0 atom stereocenters. The van der Waals surface area contributed by atoms with Crippen molar-refractivity contribution in [2.75, 3.05) is 7.11 Å². The second-order valence-corrected chi connectivity index (χ2v) is 6.03. The first-order valence-electron chi connectivity index (χ1n) is 9.08. The number of unbranched alkanes of at least 4 members (excludes halogenated alkanes) is 10. The highest BCUT2D eigenvalue weighted by Crippen LogP contribution is 2.10. The van der Waals surface area contributed by atoms with Crippen molar-refractivity contribution in [3.05, 3.63) is 12.2 Å². The Kier molecular flexibility index (Phi) is 16.1. The van der Waals surface area contributed by atoms with Gasteiger partial charge in [-0.25, -0.2) is 0 Å². The first kappa shape index (κ1) is 21.7. The van der Waals surface area contributed by atoms with E-state index in [0.717, 1.165) is 44.9 Å². The summed E-state index contributed by atoms with van der Waals surface area (Å²) in [4.78, 5) is 21.1. The van der Waals surface area contributed by atoms with Crippen LogP contribution in [0.1, 0.15) is 89.9 Å². The summed E-state index contributed by atoms with van der Waals surface area (Å²) in [5.74, 6) is -1.04. The molecule has 0 amide bonds. The summed E-state index contributed by atoms with van der Waals surface area (Å²) in [6, 6.07) is 0. The number of esters is 1. The van der Waals surface area contributed by atoms with E-state index in [4.69, 9.17) is 0 Å². The van der Waals surface area contributed by atoms with E-state index < -0.39 is 5.97 Å². The standard InChI is InChI=1S/C19H34O4/c1-23-19(22)17-15-13-11-9-7-5-3-2-4-6-8-10-12-14-16-18(20)21/h2-3H,4-17H2,1H3,(H,20,21)/p-1. The van der Waals surface area contributed by atoms with Crippen molar-refractivity contribution in [2.24, 2.45) is 0 Å². The molecule has 0 aliphatic heterocycles. The van der Waals surface area contributed by atoms with E-state index in [1.54, 1.807) is 0 Å². The van der Waals surface area contributed by atoms with Gasteiger partial charge in [0.2, 0.25) is 0 Å². The Labute approximate surface area is 141 Å². The smallest absolute Gasteiger partial charge is 0.305 e. The minimum absolute atomic E-state index is 0.105. The van der Waals surface area contributed by atoms with Gasteiger partial charge in [-0.1, -0.05) is 50.7 Å². The summed E-state index contributed by atoms with van der Waals surface area (Å²) in [5.41, 5.74) is 0. The molecule has 0 aromatic heterocycles. The van der Waals surface area contributed by atoms with Crippen LogP contribution in [0.5, 0.6) is 0 Å². The summed E-state index contributed by atoms with van der Waals surface area (Å²) in [6.45, 7) is 0. The monoisotopic (exact) mass is 325 g/mol. The van der Waals surface area contributed by atoms with Gasteiger partial charge in [0.15, 0.2) is 0 Å². The first-order valence-corrected chi connectivity index (χ1v) is 9.08. The Bertz CT molecular complexity index is 323. The van der Waals surface area contributed by atoms with E-state index in [1.165, 1.54) is 39.2 Å². The molecule has 4 heteroatoms. The number of carbonyl (C=O) groups excluding carboxylic acids is 2. The highest BCUT2D eigenvalue weighted by Gasteiger charge is 1.98. The largest absolute Gasteiger partial charge is 0.550 e. The molecule has 0 unspecified atom stereocenters. The van der Waals surface area contributed by atoms with Gasteiger partial charge in [0.1, 0.15) is 0 Å². The third-order valence-electron chi connectivity index (χ3n) is 3.90. The van der Waals surface area contributed by atoms with Crippen LogP contribution in [0, 0.1) is 0 Å². The third kappa shape index (κ3) is 18.6. The first-order chi connectivity index (χ1) is 11.2. The second-order valence-electron chi connectivity index (χ2n) is 6.03. The van der Waals surface area contributed by atoms with Crippen LogP contribution in [-0.2, 0) is 14.3 Å². The van der Waals surface area contributed by atoms with E-state index in [1.807, 2.05) is 0 Å². The molecular weight excluding hydrogens is 292 g/mol. The summed E-state index contributed by atoms with van der Waals surface area (Å²) < 4.78 is 4.60. The van der Waals surface area contributed by atoms with E-state index in [2.05, 4.69) is 16.9 Å². The van der Waals surface area contributed by atoms with Crippen LogP contribution in [0.25, 0.3) is 0 Å². The normalized spacial score (nSPS) is 11.0. The van der Waals surface area contributed by atoms with Gasteiger partial charge in [0.25, 0.3) is 0 Å². The number of hydrogen-bond acceptors (Lipinski definition) is 4. The number of allylic oxidation sites excluding steroid dienone is 2. The van der Waals surface area contributed by atoms with Crippen LogP contribution < -0.4 is 5.11 Å². The number of methoxy groups -OCH3 is 1. The topological polar surface area (TPSA) is 66.4 Å². The average molecular weight is 325 g/mol. The SMILES string of the molecule is COC(=O)CCCCCCCC=CCCCCCCCC(=O)[O-]. The third-order valence-corrected chi connectivity index (χ3v) is 3.90. The number of ether oxygens (including phenoxy) is 1. The number of carboxylic acid groups (broad SMARTS) is 1. The Morgan fingerprint density at radius 3 is 1.65 bits per heavy atom. The van der Waals surface area contributed by atoms with Crippen molar-refractivity contribution in [1.29, 1.82) is 0 Å². The van der Waals surface area contributed by atoms with Gasteiger partial charge in [-0.15, -0.1) is 0 Å². The van der Waals surface area contributed by atoms with Gasteiger partial charge in [-0.3, -0.25) is 4.79 Å². The maximum absolute atomic E-state index is 10.9. The molecule has 0 heterocycles. The zero-order valence-corrected chi connectivity index (χ0v) is 14.7. The lowest BCUT2D eigenvalue weighted by molar-refractivity contribution is -0.305. The van der Waals surface area contributed by atoms with Crippen molar-refractivity contribution >= 4 is 11.9 Å². The van der Waals surface area contributed by atoms with Crippen molar-refractivity contribution in [3.8, 4) is 0 Å². The molecule has 0 N–H and O–H groups in total. The van der Waals surface area contributed by atoms with Crippen molar-refractivity contribution in [2.45, 2.75) is 89.9 Å². The van der Waals surface area contributed by atoms with Gasteiger partial charge in [-0.2, -0.15) is 0 Å². The lowest BCUT2D eigenvalue weighted by Gasteiger charge is -2.01. The highest BCUT2D eigenvalue weighted by atomic mass is 16.5. The molecule has 0 spiro atoms. The molecule has 134 valence electrons. The van der Waals surface area contributed by atoms with E-state index >= 15 is 0 Å². The summed E-state index contributed by atoms with van der Waals surface area (Å²) in [6.07, 6.45) is 18.4. The molecule has 0 fully saturated rings. The van der Waals surface area contributed by atoms with Gasteiger partial charge in [0.05, 0.1) is 7.11 Å². The predicted molar refractivity (Wildman–Crippen MR) is 90.8 cm³/mol. The molecule has 0 bridgehead atoms. The number of hydrogen-bond donors (Lipinski definition) is 0. The van der Waals surface area contributed by atoms with Crippen molar-refractivity contribution < 1.29 is 19.4 Å². The fraction of sp³-hybridized carbons (Fsp3) is 0.789. The minimum Gasteiger partial charge on any atom is -0.550 e. The molecule has 23 heavy (non-hydrogen) atoms. The lowest BCUT2D eigenvalue weighted by Crippen LogP contribution is -2.21. The Morgan fingerprint density at radius 2 is 1.17 bits per heavy atom. The van der Waals surface area contributed by atoms with Crippen LogP contribution in [0.2, 0.25) is 0 Å². The van der Waals surface area contributed by atoms with Crippen LogP contribution in [0.15, 0.2) is 12.2 Å². The molecule has 4 nitrogen and oxygen atoms in total. The Hall–Kier alpha value is -1.32. The van der Waals surface area contributed by atoms with Crippen molar-refractivity contribution in [1.82, 2.24) is 0 Å². The number of carbonyl (C=O) groups is 2. The van der Waals surface area contributed by atoms with Crippen LogP contribution >= 0.6 is 0 Å². The molecule has 0 rings (SSSR count). The summed E-state index contributed by atoms with van der Waals surface area (Å²) >= 11 is 0. The average Bonchev–Trinajstić information content (AvgIpc) is 2.53. The zero-order valence-electron chi connectivity index (χ0n) is 14.7. The van der Waals surface area contributed by atoms with E-state index in [0.29, 0.717) is 6.42 Å². The van der Waals surface area contributed by atoms with Crippen molar-refractivity contribution in [3.63, 3.8) is 0 Å². The predicted octanol–water partition coefficient (Wildman–Crippen LogP) is 3.93. The van der Waals surface area contributed by atoms with Crippen LogP contribution in [0.3, 0.4) is 0 Å². The molecule has 0 aliphatic carbocycles. The van der Waals surface area contributed by atoms with Gasteiger partial charge < -0.3 is 14.6 Å². The molecule has 0 saturated heterocycles. The van der Waals surface area contributed by atoms with E-state index in [-0.39, 0.29) is 12.4 Å². The maximum atomic E-state index is 10.9. The maximum Gasteiger partial charge on any atom is 0.305 e. The molecule has 0 aromatic rings. The zero-order chi connectivity index (χ0) is 17.2. The molecular formula is C19H33O4-. The fourth-order valence-corrected chi connectivity index (χ4v) is 2.46. The Balaban J connectivity index is 3.14. The number of aliphatic carboxylic acids is 1. The molecule has 0 aromatic carbocycles. The second kappa shape index (κ2) is 17.0. The van der Waals surface area contributed by atoms with Crippen LogP contribution in [-0.4, -0.2) is 19.0 Å². The molecule has 0 saturated carbocycles. The highest BCUT2D eigenvalue weighted by molar-refractivity contribution is 5.68. The van der Waals surface area contributed by atoms with Crippen LogP contribution in [0.4, 0.5) is 0 Å². The minimum atomic E-state index is -0.934. The molecule has 0 aliphatic rings. The molecule has 0 radical (unpaired) electrons. The lowest BCUT2D eigenvalue weighted by atomic mass is 10.1. The Morgan fingerprint density at radius 1 is 0.739 bits per heavy atom. The fourth-order valence-electron chi connectivity index (χ4n) is 2.46. The summed E-state index contributed by atoms with van der Waals surface area (Å²) in [7, 11) is 1.44. The van der Waals surface area contributed by atoms with E-state index in [9.17, 15) is 14.7 Å². The number of rotatable bonds is 16. The van der Waals surface area contributed by atoms with Gasteiger partial charge in [-0.05, 0) is 44.9 Å². The number of carboxylic acids is 1. The quantitative estimate of drug-likeness (QED) is 0.245.